The minimum absolute atomic E-state index is 0.0767. The van der Waals surface area contributed by atoms with Crippen LogP contribution in [-0.4, -0.2) is 18.4 Å². The van der Waals surface area contributed by atoms with Gasteiger partial charge in [0.2, 0.25) is 11.8 Å². The lowest BCUT2D eigenvalue weighted by Gasteiger charge is -2.12. The third-order valence-electron chi connectivity index (χ3n) is 4.96. The van der Waals surface area contributed by atoms with Crippen LogP contribution in [0.1, 0.15) is 5.56 Å². The van der Waals surface area contributed by atoms with Crippen LogP contribution in [0.25, 0.3) is 21.9 Å². The third-order valence-corrected chi connectivity index (χ3v) is 4.96. The predicted octanol–water partition coefficient (Wildman–Crippen LogP) is 4.80. The van der Waals surface area contributed by atoms with Gasteiger partial charge in [0.1, 0.15) is 0 Å². The highest BCUT2D eigenvalue weighted by atomic mass is 16.2. The van der Waals surface area contributed by atoms with Gasteiger partial charge < -0.3 is 10.6 Å². The number of para-hydroxylation sites is 1. The summed E-state index contributed by atoms with van der Waals surface area (Å²) in [6, 6.07) is 31.4. The van der Waals surface area contributed by atoms with Crippen molar-refractivity contribution in [2.24, 2.45) is 0 Å². The standard InChI is InChI=1S/C26H22N2O2/c29-25(17-21-13-8-12-19-11-4-5-14-22(19)21)27-18-26(30)28-24-16-7-6-15-23(24)20-9-2-1-3-10-20/h1-16H,17-18H2,(H,27,29)(H,28,30). The number of carbonyl (C=O) groups excluding carboxylic acids is 2. The van der Waals surface area contributed by atoms with Gasteiger partial charge >= 0.3 is 0 Å². The molecule has 4 nitrogen and oxygen atoms in total. The van der Waals surface area contributed by atoms with Crippen molar-refractivity contribution >= 4 is 28.3 Å². The van der Waals surface area contributed by atoms with Crippen molar-refractivity contribution in [2.75, 3.05) is 11.9 Å². The van der Waals surface area contributed by atoms with Gasteiger partial charge in [-0.1, -0.05) is 91.0 Å². The van der Waals surface area contributed by atoms with E-state index >= 15 is 0 Å². The lowest BCUT2D eigenvalue weighted by Crippen LogP contribution is -2.33. The minimum atomic E-state index is -0.260. The van der Waals surface area contributed by atoms with Gasteiger partial charge in [-0.05, 0) is 28.0 Å². The van der Waals surface area contributed by atoms with Crippen LogP contribution < -0.4 is 10.6 Å². The molecule has 148 valence electrons. The van der Waals surface area contributed by atoms with Crippen LogP contribution in [0.3, 0.4) is 0 Å². The number of hydrogen-bond donors (Lipinski definition) is 2. The smallest absolute Gasteiger partial charge is 0.243 e. The molecule has 0 atom stereocenters. The van der Waals surface area contributed by atoms with E-state index in [9.17, 15) is 9.59 Å². The maximum Gasteiger partial charge on any atom is 0.243 e. The van der Waals surface area contributed by atoms with Gasteiger partial charge in [-0.15, -0.1) is 0 Å². The Bertz CT molecular complexity index is 1180. The van der Waals surface area contributed by atoms with Gasteiger partial charge in [0.25, 0.3) is 0 Å². The highest BCUT2D eigenvalue weighted by molar-refractivity contribution is 5.98. The summed E-state index contributed by atoms with van der Waals surface area (Å²) in [6.07, 6.45) is 0.231. The Morgan fingerprint density at radius 1 is 0.667 bits per heavy atom. The summed E-state index contributed by atoms with van der Waals surface area (Å²) in [5.41, 5.74) is 3.62. The monoisotopic (exact) mass is 394 g/mol. The largest absolute Gasteiger partial charge is 0.347 e. The molecule has 4 rings (SSSR count). The van der Waals surface area contributed by atoms with E-state index in [4.69, 9.17) is 0 Å². The molecular formula is C26H22N2O2. The molecule has 0 aliphatic heterocycles. The molecule has 4 aromatic rings. The molecule has 0 fully saturated rings. The number of amides is 2. The van der Waals surface area contributed by atoms with Gasteiger partial charge in [-0.3, -0.25) is 9.59 Å². The normalized spacial score (nSPS) is 10.5. The van der Waals surface area contributed by atoms with Crippen LogP contribution >= 0.6 is 0 Å². The Hall–Kier alpha value is -3.92. The molecule has 0 saturated heterocycles. The number of benzene rings is 4. The van der Waals surface area contributed by atoms with E-state index in [1.807, 2.05) is 97.1 Å². The molecular weight excluding hydrogens is 372 g/mol. The molecule has 2 amide bonds. The highest BCUT2D eigenvalue weighted by Gasteiger charge is 2.11. The van der Waals surface area contributed by atoms with Crippen LogP contribution in [-0.2, 0) is 16.0 Å². The third kappa shape index (κ3) is 4.55. The minimum Gasteiger partial charge on any atom is -0.347 e. The van der Waals surface area contributed by atoms with Gasteiger partial charge in [0.15, 0.2) is 0 Å². The van der Waals surface area contributed by atoms with Gasteiger partial charge in [0.05, 0.1) is 13.0 Å². The Labute approximate surface area is 175 Å². The van der Waals surface area contributed by atoms with Crippen LogP contribution in [0.5, 0.6) is 0 Å². The second kappa shape index (κ2) is 9.05. The summed E-state index contributed by atoms with van der Waals surface area (Å²) in [6.45, 7) is -0.0767. The fraction of sp³-hybridized carbons (Fsp3) is 0.0769. The molecule has 0 aliphatic rings. The molecule has 4 heteroatoms. The second-order valence-corrected chi connectivity index (χ2v) is 7.05. The summed E-state index contributed by atoms with van der Waals surface area (Å²) in [7, 11) is 0. The summed E-state index contributed by atoms with van der Waals surface area (Å²) in [5, 5.41) is 7.78. The molecule has 0 aromatic heterocycles. The van der Waals surface area contributed by atoms with Crippen LogP contribution in [0, 0.1) is 0 Å². The number of fused-ring (bicyclic) bond motifs is 1. The molecule has 4 aromatic carbocycles. The Balaban J connectivity index is 1.38. The predicted molar refractivity (Wildman–Crippen MR) is 121 cm³/mol. The van der Waals surface area contributed by atoms with E-state index in [0.29, 0.717) is 0 Å². The summed E-state index contributed by atoms with van der Waals surface area (Å²) in [4.78, 5) is 24.8. The Morgan fingerprint density at radius 3 is 2.23 bits per heavy atom. The first kappa shape index (κ1) is 19.4. The van der Waals surface area contributed by atoms with Crippen molar-refractivity contribution in [3.05, 3.63) is 103 Å². The fourth-order valence-corrected chi connectivity index (χ4v) is 3.52. The van der Waals surface area contributed by atoms with E-state index in [1.54, 1.807) is 0 Å². The van der Waals surface area contributed by atoms with Crippen LogP contribution in [0.15, 0.2) is 97.1 Å². The van der Waals surface area contributed by atoms with E-state index in [0.717, 1.165) is 33.2 Å². The number of carbonyl (C=O) groups is 2. The average molecular weight is 394 g/mol. The number of nitrogens with one attached hydrogen (secondary N) is 2. The van der Waals surface area contributed by atoms with Crippen LogP contribution in [0.2, 0.25) is 0 Å². The Kier molecular flexibility index (Phi) is 5.85. The lowest BCUT2D eigenvalue weighted by molar-refractivity contribution is -0.123. The number of rotatable bonds is 6. The van der Waals surface area contributed by atoms with E-state index < -0.39 is 0 Å². The molecule has 0 bridgehead atoms. The molecule has 30 heavy (non-hydrogen) atoms. The first-order valence-corrected chi connectivity index (χ1v) is 9.88. The van der Waals surface area contributed by atoms with E-state index in [2.05, 4.69) is 10.6 Å². The maximum absolute atomic E-state index is 12.4. The van der Waals surface area contributed by atoms with E-state index in [-0.39, 0.29) is 24.8 Å². The van der Waals surface area contributed by atoms with Gasteiger partial charge in [-0.2, -0.15) is 0 Å². The zero-order chi connectivity index (χ0) is 20.8. The quantitative estimate of drug-likeness (QED) is 0.493. The van der Waals surface area contributed by atoms with Crippen molar-refractivity contribution in [3.63, 3.8) is 0 Å². The van der Waals surface area contributed by atoms with Crippen LogP contribution in [0.4, 0.5) is 5.69 Å². The zero-order valence-corrected chi connectivity index (χ0v) is 16.5. The summed E-state index contributed by atoms with van der Waals surface area (Å²) in [5.74, 6) is -0.442. The first-order valence-electron chi connectivity index (χ1n) is 9.88. The first-order chi connectivity index (χ1) is 14.7. The number of hydrogen-bond acceptors (Lipinski definition) is 2. The van der Waals surface area contributed by atoms with E-state index in [1.165, 1.54) is 0 Å². The maximum atomic E-state index is 12.4. The van der Waals surface area contributed by atoms with Crippen molar-refractivity contribution < 1.29 is 9.59 Å². The Morgan fingerprint density at radius 2 is 1.37 bits per heavy atom. The SMILES string of the molecule is O=C(Cc1cccc2ccccc12)NCC(=O)Nc1ccccc1-c1ccccc1. The lowest BCUT2D eigenvalue weighted by atomic mass is 10.0. The van der Waals surface area contributed by atoms with Crippen molar-refractivity contribution in [2.45, 2.75) is 6.42 Å². The second-order valence-electron chi connectivity index (χ2n) is 7.05. The molecule has 0 heterocycles. The fourth-order valence-electron chi connectivity index (χ4n) is 3.52. The molecule has 2 N–H and O–H groups in total. The molecule has 0 aliphatic carbocycles. The van der Waals surface area contributed by atoms with Gasteiger partial charge in [-0.25, -0.2) is 0 Å². The van der Waals surface area contributed by atoms with Gasteiger partial charge in [0, 0.05) is 11.3 Å². The molecule has 0 spiro atoms. The topological polar surface area (TPSA) is 58.2 Å². The summed E-state index contributed by atoms with van der Waals surface area (Å²) < 4.78 is 0. The highest BCUT2D eigenvalue weighted by Crippen LogP contribution is 2.27. The van der Waals surface area contributed by atoms with Crippen molar-refractivity contribution in [1.29, 1.82) is 0 Å². The summed E-state index contributed by atoms with van der Waals surface area (Å²) >= 11 is 0. The average Bonchev–Trinajstić information content (AvgIpc) is 2.79. The molecule has 0 saturated carbocycles. The molecule has 0 unspecified atom stereocenters. The van der Waals surface area contributed by atoms with Crippen molar-refractivity contribution in [1.82, 2.24) is 5.32 Å². The van der Waals surface area contributed by atoms with Crippen molar-refractivity contribution in [3.8, 4) is 11.1 Å². The zero-order valence-electron chi connectivity index (χ0n) is 16.5. The number of anilines is 1. The molecule has 0 radical (unpaired) electrons.